The van der Waals surface area contributed by atoms with Crippen molar-refractivity contribution in [2.24, 2.45) is 0 Å². The molecule has 108 valence electrons. The minimum Gasteiger partial charge on any atom is -0.480 e. The Labute approximate surface area is 137 Å². The molecule has 6 nitrogen and oxygen atoms in total. The summed E-state index contributed by atoms with van der Waals surface area (Å²) in [6.45, 7) is -1.46. The van der Waals surface area contributed by atoms with Gasteiger partial charge in [-0.05, 0) is 34.7 Å². The Morgan fingerprint density at radius 2 is 1.60 bits per heavy atom. The van der Waals surface area contributed by atoms with Crippen LogP contribution >= 0.6 is 45.8 Å². The van der Waals surface area contributed by atoms with Gasteiger partial charge in [0.05, 0.1) is 10.6 Å². The summed E-state index contributed by atoms with van der Waals surface area (Å²) in [4.78, 5) is 34.3. The van der Waals surface area contributed by atoms with Gasteiger partial charge in [0.1, 0.15) is 13.1 Å². The molecule has 0 atom stereocenters. The number of benzene rings is 1. The van der Waals surface area contributed by atoms with E-state index in [1.165, 1.54) is 12.1 Å². The minimum atomic E-state index is -1.32. The Balaban J connectivity index is 3.17. The van der Waals surface area contributed by atoms with Gasteiger partial charge in [0.25, 0.3) is 5.91 Å². The maximum Gasteiger partial charge on any atom is 0.323 e. The van der Waals surface area contributed by atoms with Gasteiger partial charge >= 0.3 is 11.9 Å². The van der Waals surface area contributed by atoms with E-state index in [1.54, 1.807) is 22.6 Å². The quantitative estimate of drug-likeness (QED) is 0.550. The maximum atomic E-state index is 12.2. The fourth-order valence-corrected chi connectivity index (χ4v) is 2.44. The van der Waals surface area contributed by atoms with Gasteiger partial charge in [0.2, 0.25) is 0 Å². The molecule has 1 aromatic rings. The first kappa shape index (κ1) is 17.0. The third-order valence-electron chi connectivity index (χ3n) is 2.16. The summed E-state index contributed by atoms with van der Waals surface area (Å²) in [5.74, 6) is -3.39. The summed E-state index contributed by atoms with van der Waals surface area (Å²) in [5, 5.41) is 17.9. The monoisotopic (exact) mass is 431 g/mol. The molecule has 0 aromatic heterocycles. The molecule has 0 heterocycles. The smallest absolute Gasteiger partial charge is 0.323 e. The summed E-state index contributed by atoms with van der Waals surface area (Å²) in [7, 11) is 0. The standard InChI is InChI=1S/C11H8Cl2INO5/c12-5-1-6(10(14)7(13)2-5)11(20)15(3-8(16)17)4-9(18)19/h1-2H,3-4H2,(H,16,17)(H,18,19). The molecule has 2 N–H and O–H groups in total. The Kier molecular flexibility index (Phi) is 6.03. The lowest BCUT2D eigenvalue weighted by atomic mass is 10.2. The molecule has 0 radical (unpaired) electrons. The van der Waals surface area contributed by atoms with Gasteiger partial charge in [-0.15, -0.1) is 0 Å². The molecular formula is C11H8Cl2INO5. The summed E-state index contributed by atoms with van der Waals surface area (Å²) in [5.41, 5.74) is 0.0607. The number of carbonyl (C=O) groups excluding carboxylic acids is 1. The van der Waals surface area contributed by atoms with Crippen LogP contribution < -0.4 is 0 Å². The number of hydrogen-bond acceptors (Lipinski definition) is 3. The van der Waals surface area contributed by atoms with Crippen molar-refractivity contribution in [3.8, 4) is 0 Å². The van der Waals surface area contributed by atoms with E-state index in [2.05, 4.69) is 0 Å². The van der Waals surface area contributed by atoms with Crippen LogP contribution in [-0.2, 0) is 9.59 Å². The lowest BCUT2D eigenvalue weighted by molar-refractivity contribution is -0.140. The van der Waals surface area contributed by atoms with Crippen LogP contribution in [0.3, 0.4) is 0 Å². The van der Waals surface area contributed by atoms with Crippen LogP contribution in [-0.4, -0.2) is 46.0 Å². The summed E-state index contributed by atoms with van der Waals surface area (Å²) in [6.07, 6.45) is 0. The molecule has 20 heavy (non-hydrogen) atoms. The molecule has 0 saturated heterocycles. The third kappa shape index (κ3) is 4.50. The summed E-state index contributed by atoms with van der Waals surface area (Å²) < 4.78 is 0.374. The Bertz CT molecular complexity index is 562. The number of hydrogen-bond donors (Lipinski definition) is 2. The SMILES string of the molecule is O=C(O)CN(CC(=O)O)C(=O)c1cc(Cl)cc(Cl)c1I. The van der Waals surface area contributed by atoms with Crippen LogP contribution in [0.25, 0.3) is 0 Å². The molecule has 1 amide bonds. The number of rotatable bonds is 5. The minimum absolute atomic E-state index is 0.0607. The largest absolute Gasteiger partial charge is 0.480 e. The summed E-state index contributed by atoms with van der Waals surface area (Å²) in [6, 6.07) is 2.74. The molecule has 0 aliphatic heterocycles. The average Bonchev–Trinajstić information content (AvgIpc) is 2.30. The van der Waals surface area contributed by atoms with Crippen molar-refractivity contribution in [1.29, 1.82) is 0 Å². The number of carboxylic acids is 2. The fraction of sp³-hybridized carbons (Fsp3) is 0.182. The van der Waals surface area contributed by atoms with Crippen molar-refractivity contribution >= 4 is 63.6 Å². The molecule has 0 bridgehead atoms. The number of nitrogens with zero attached hydrogens (tertiary/aromatic N) is 1. The highest BCUT2D eigenvalue weighted by atomic mass is 127. The predicted octanol–water partition coefficient (Wildman–Crippen LogP) is 2.21. The van der Waals surface area contributed by atoms with Crippen LogP contribution in [0.5, 0.6) is 0 Å². The Morgan fingerprint density at radius 3 is 2.05 bits per heavy atom. The predicted molar refractivity (Wildman–Crippen MR) is 80.4 cm³/mol. The number of carbonyl (C=O) groups is 3. The van der Waals surface area contributed by atoms with Crippen molar-refractivity contribution in [1.82, 2.24) is 4.90 Å². The zero-order valence-corrected chi connectivity index (χ0v) is 13.4. The molecule has 9 heteroatoms. The number of aliphatic carboxylic acids is 2. The van der Waals surface area contributed by atoms with Crippen molar-refractivity contribution in [2.75, 3.05) is 13.1 Å². The van der Waals surface area contributed by atoms with E-state index in [4.69, 9.17) is 33.4 Å². The zero-order chi connectivity index (χ0) is 15.4. The van der Waals surface area contributed by atoms with Crippen LogP contribution in [0.15, 0.2) is 12.1 Å². The highest BCUT2D eigenvalue weighted by Gasteiger charge is 2.24. The maximum absolute atomic E-state index is 12.2. The lowest BCUT2D eigenvalue weighted by Crippen LogP contribution is -2.39. The molecule has 0 spiro atoms. The van der Waals surface area contributed by atoms with Gasteiger partial charge in [-0.25, -0.2) is 0 Å². The van der Waals surface area contributed by atoms with Gasteiger partial charge in [-0.1, -0.05) is 23.2 Å². The molecule has 1 aromatic carbocycles. The molecule has 0 unspecified atom stereocenters. The topological polar surface area (TPSA) is 94.9 Å². The van der Waals surface area contributed by atoms with E-state index in [1.807, 2.05) is 0 Å². The zero-order valence-electron chi connectivity index (χ0n) is 9.77. The molecule has 1 rings (SSSR count). The van der Waals surface area contributed by atoms with E-state index in [-0.39, 0.29) is 15.6 Å². The lowest BCUT2D eigenvalue weighted by Gasteiger charge is -2.19. The second-order valence-electron chi connectivity index (χ2n) is 3.70. The van der Waals surface area contributed by atoms with E-state index in [0.29, 0.717) is 8.47 Å². The molecule has 0 saturated carbocycles. The average molecular weight is 432 g/mol. The Morgan fingerprint density at radius 1 is 1.10 bits per heavy atom. The van der Waals surface area contributed by atoms with Crippen LogP contribution in [0.4, 0.5) is 0 Å². The van der Waals surface area contributed by atoms with Crippen LogP contribution in [0.1, 0.15) is 10.4 Å². The second-order valence-corrected chi connectivity index (χ2v) is 5.62. The van der Waals surface area contributed by atoms with E-state index in [0.717, 1.165) is 0 Å². The van der Waals surface area contributed by atoms with E-state index < -0.39 is 30.9 Å². The van der Waals surface area contributed by atoms with Crippen molar-refractivity contribution in [3.05, 3.63) is 31.3 Å². The number of amides is 1. The molecule has 0 aliphatic carbocycles. The highest BCUT2D eigenvalue weighted by Crippen LogP contribution is 2.27. The van der Waals surface area contributed by atoms with Crippen LogP contribution in [0, 0.1) is 3.57 Å². The van der Waals surface area contributed by atoms with Crippen molar-refractivity contribution in [3.63, 3.8) is 0 Å². The summed E-state index contributed by atoms with van der Waals surface area (Å²) >= 11 is 13.5. The van der Waals surface area contributed by atoms with Gasteiger partial charge in [0, 0.05) is 8.59 Å². The second kappa shape index (κ2) is 7.09. The molecule has 0 aliphatic rings. The normalized spacial score (nSPS) is 10.2. The van der Waals surface area contributed by atoms with E-state index in [9.17, 15) is 14.4 Å². The first-order valence-electron chi connectivity index (χ1n) is 5.09. The molecular weight excluding hydrogens is 424 g/mol. The Hall–Kier alpha value is -1.06. The van der Waals surface area contributed by atoms with Crippen LogP contribution in [0.2, 0.25) is 10.0 Å². The van der Waals surface area contributed by atoms with E-state index >= 15 is 0 Å². The third-order valence-corrected chi connectivity index (χ3v) is 4.16. The first-order chi connectivity index (χ1) is 9.22. The van der Waals surface area contributed by atoms with Crippen molar-refractivity contribution < 1.29 is 24.6 Å². The fourth-order valence-electron chi connectivity index (χ4n) is 1.41. The first-order valence-corrected chi connectivity index (χ1v) is 6.93. The van der Waals surface area contributed by atoms with Gasteiger partial charge in [-0.2, -0.15) is 0 Å². The number of carboxylic acid groups (broad SMARTS) is 2. The van der Waals surface area contributed by atoms with Crippen molar-refractivity contribution in [2.45, 2.75) is 0 Å². The van der Waals surface area contributed by atoms with Gasteiger partial charge in [-0.3, -0.25) is 14.4 Å². The number of halogens is 3. The van der Waals surface area contributed by atoms with Gasteiger partial charge in [0.15, 0.2) is 0 Å². The van der Waals surface area contributed by atoms with Gasteiger partial charge < -0.3 is 15.1 Å². The molecule has 0 fully saturated rings. The highest BCUT2D eigenvalue weighted by molar-refractivity contribution is 14.1.